The molecule has 3 nitrogen and oxygen atoms in total. The third kappa shape index (κ3) is 1.34. The summed E-state index contributed by atoms with van der Waals surface area (Å²) in [6, 6.07) is -0.602. The molecule has 1 unspecified atom stereocenters. The molecule has 0 heterocycles. The van der Waals surface area contributed by atoms with E-state index in [4.69, 9.17) is 5.73 Å². The predicted molar refractivity (Wildman–Crippen MR) is 40.5 cm³/mol. The van der Waals surface area contributed by atoms with Gasteiger partial charge < -0.3 is 5.73 Å². The summed E-state index contributed by atoms with van der Waals surface area (Å²) in [7, 11) is 0. The fourth-order valence-corrected chi connectivity index (χ4v) is 0.860. The van der Waals surface area contributed by atoms with Crippen molar-refractivity contribution < 1.29 is 9.59 Å². The Balaban J connectivity index is 3.03. The molecular weight excluding hydrogens is 142 g/mol. The van der Waals surface area contributed by atoms with Gasteiger partial charge in [-0.2, -0.15) is 0 Å². The second-order valence-electron chi connectivity index (χ2n) is 2.18. The zero-order chi connectivity index (χ0) is 8.27. The Morgan fingerprint density at radius 1 is 1.64 bits per heavy atom. The molecular formula is C8H7NO2. The van der Waals surface area contributed by atoms with Crippen LogP contribution in [0.2, 0.25) is 0 Å². The van der Waals surface area contributed by atoms with Crippen molar-refractivity contribution in [1.82, 2.24) is 0 Å². The molecule has 0 saturated heterocycles. The summed E-state index contributed by atoms with van der Waals surface area (Å²) < 4.78 is 0. The predicted octanol–water partition coefficient (Wildman–Crippen LogP) is -0.233. The number of hydrogen-bond donors (Lipinski definition) is 1. The van der Waals surface area contributed by atoms with Crippen molar-refractivity contribution in [3.8, 4) is 0 Å². The number of carbonyl (C=O) groups is 1. The van der Waals surface area contributed by atoms with Crippen LogP contribution in [-0.4, -0.2) is 18.3 Å². The van der Waals surface area contributed by atoms with E-state index < -0.39 is 6.04 Å². The molecule has 0 radical (unpaired) electrons. The van der Waals surface area contributed by atoms with E-state index in [0.29, 0.717) is 17.4 Å². The fourth-order valence-electron chi connectivity index (χ4n) is 0.860. The van der Waals surface area contributed by atoms with Crippen LogP contribution in [0.15, 0.2) is 29.4 Å². The molecule has 0 amide bonds. The minimum atomic E-state index is -0.602. The number of nitrogens with two attached hydrogens (primary N) is 1. The van der Waals surface area contributed by atoms with Crippen molar-refractivity contribution in [3.05, 3.63) is 29.4 Å². The number of carbonyl (C=O) groups excluding carboxylic acids is 2. The minimum Gasteiger partial charge on any atom is -0.320 e. The topological polar surface area (TPSA) is 60.2 Å². The Kier molecular flexibility index (Phi) is 2.16. The number of hydrogen-bond acceptors (Lipinski definition) is 3. The third-order valence-corrected chi connectivity index (χ3v) is 1.51. The highest BCUT2D eigenvalue weighted by atomic mass is 16.1. The van der Waals surface area contributed by atoms with Crippen LogP contribution in [0.5, 0.6) is 0 Å². The molecule has 3 heteroatoms. The van der Waals surface area contributed by atoms with Crippen LogP contribution >= 0.6 is 0 Å². The summed E-state index contributed by atoms with van der Waals surface area (Å²) in [6.07, 6.45) is 5.38. The van der Waals surface area contributed by atoms with Crippen molar-refractivity contribution >= 4 is 12.2 Å². The lowest BCUT2D eigenvalue weighted by molar-refractivity contribution is -0.105. The fraction of sp³-hybridized carbons (Fsp3) is 0.125. The first-order valence-corrected chi connectivity index (χ1v) is 3.13. The summed E-state index contributed by atoms with van der Waals surface area (Å²) in [5.74, 6) is 1.67. The van der Waals surface area contributed by atoms with Crippen LogP contribution in [0.25, 0.3) is 0 Å². The lowest BCUT2D eigenvalue weighted by Crippen LogP contribution is -2.27. The van der Waals surface area contributed by atoms with E-state index in [9.17, 15) is 9.59 Å². The van der Waals surface area contributed by atoms with E-state index in [1.54, 1.807) is 24.2 Å². The van der Waals surface area contributed by atoms with Crippen molar-refractivity contribution in [2.75, 3.05) is 0 Å². The smallest absolute Gasteiger partial charge is 0.147 e. The van der Waals surface area contributed by atoms with Crippen molar-refractivity contribution in [1.29, 1.82) is 0 Å². The zero-order valence-corrected chi connectivity index (χ0v) is 5.78. The maximum absolute atomic E-state index is 10.3. The quantitative estimate of drug-likeness (QED) is 0.413. The molecule has 0 saturated carbocycles. The Hall–Kier alpha value is -1.44. The van der Waals surface area contributed by atoms with Gasteiger partial charge in [-0.25, -0.2) is 4.79 Å². The monoisotopic (exact) mass is 149 g/mol. The van der Waals surface area contributed by atoms with E-state index in [1.165, 1.54) is 0 Å². The van der Waals surface area contributed by atoms with Gasteiger partial charge in [0.05, 0.1) is 11.6 Å². The minimum absolute atomic E-state index is 0.314. The maximum atomic E-state index is 10.3. The number of allylic oxidation sites excluding steroid dienone is 2. The Morgan fingerprint density at radius 2 is 2.36 bits per heavy atom. The zero-order valence-electron chi connectivity index (χ0n) is 5.78. The van der Waals surface area contributed by atoms with Crippen LogP contribution < -0.4 is 5.73 Å². The summed E-state index contributed by atoms with van der Waals surface area (Å²) >= 11 is 0. The summed E-state index contributed by atoms with van der Waals surface area (Å²) in [4.78, 5) is 20.5. The molecule has 2 N–H and O–H groups in total. The first-order valence-electron chi connectivity index (χ1n) is 3.13. The molecule has 0 aliphatic heterocycles. The molecule has 1 aliphatic rings. The van der Waals surface area contributed by atoms with E-state index in [0.717, 1.165) is 0 Å². The lowest BCUT2D eigenvalue weighted by Gasteiger charge is -2.11. The van der Waals surface area contributed by atoms with Gasteiger partial charge in [0.2, 0.25) is 0 Å². The van der Waals surface area contributed by atoms with Gasteiger partial charge in [0, 0.05) is 5.57 Å². The average molecular weight is 149 g/mol. The first-order chi connectivity index (χ1) is 5.29. The van der Waals surface area contributed by atoms with E-state index in [1.807, 2.05) is 0 Å². The highest BCUT2D eigenvalue weighted by Gasteiger charge is 2.14. The van der Waals surface area contributed by atoms with Gasteiger partial charge in [0.15, 0.2) is 0 Å². The largest absolute Gasteiger partial charge is 0.320 e. The van der Waals surface area contributed by atoms with Crippen LogP contribution in [0.1, 0.15) is 0 Å². The summed E-state index contributed by atoms with van der Waals surface area (Å²) in [5.41, 5.74) is 6.22. The molecule has 56 valence electrons. The standard InChI is InChI=1S/C8H7NO2/c9-8-6(4-10)2-1-3-7(8)5-11/h1-4,8H,9H2. The molecule has 0 aromatic heterocycles. The van der Waals surface area contributed by atoms with Gasteiger partial charge in [-0.1, -0.05) is 12.2 Å². The highest BCUT2D eigenvalue weighted by Crippen LogP contribution is 2.11. The van der Waals surface area contributed by atoms with Crippen molar-refractivity contribution in [2.24, 2.45) is 5.73 Å². The normalized spacial score (nSPS) is 22.5. The SMILES string of the molecule is NC1C(=C=O)C=CC=C1C=O. The number of aldehydes is 1. The Bertz CT molecular complexity index is 282. The van der Waals surface area contributed by atoms with Crippen molar-refractivity contribution in [2.45, 2.75) is 6.04 Å². The van der Waals surface area contributed by atoms with Gasteiger partial charge in [-0.05, 0) is 6.08 Å². The average Bonchev–Trinajstić information content (AvgIpc) is 2.05. The van der Waals surface area contributed by atoms with E-state index in [-0.39, 0.29) is 0 Å². The van der Waals surface area contributed by atoms with E-state index >= 15 is 0 Å². The van der Waals surface area contributed by atoms with Crippen LogP contribution in [0, 0.1) is 0 Å². The van der Waals surface area contributed by atoms with E-state index in [2.05, 4.69) is 0 Å². The Morgan fingerprint density at radius 3 is 2.91 bits per heavy atom. The molecule has 0 bridgehead atoms. The van der Waals surface area contributed by atoms with Crippen LogP contribution in [0.4, 0.5) is 0 Å². The summed E-state index contributed by atoms with van der Waals surface area (Å²) in [5, 5.41) is 0. The number of rotatable bonds is 1. The second-order valence-corrected chi connectivity index (χ2v) is 2.18. The Labute approximate surface area is 63.9 Å². The van der Waals surface area contributed by atoms with Gasteiger partial charge in [0.25, 0.3) is 0 Å². The molecule has 11 heavy (non-hydrogen) atoms. The molecule has 1 rings (SSSR count). The second kappa shape index (κ2) is 3.10. The van der Waals surface area contributed by atoms with Crippen molar-refractivity contribution in [3.63, 3.8) is 0 Å². The van der Waals surface area contributed by atoms with Crippen LogP contribution in [-0.2, 0) is 9.59 Å². The van der Waals surface area contributed by atoms with Crippen LogP contribution in [0.3, 0.4) is 0 Å². The third-order valence-electron chi connectivity index (χ3n) is 1.51. The van der Waals surface area contributed by atoms with Gasteiger partial charge in [0.1, 0.15) is 12.2 Å². The molecule has 1 atom stereocenters. The highest BCUT2D eigenvalue weighted by molar-refractivity contribution is 5.81. The molecule has 0 fully saturated rings. The van der Waals surface area contributed by atoms with Gasteiger partial charge in [-0.3, -0.25) is 4.79 Å². The van der Waals surface area contributed by atoms with Gasteiger partial charge >= 0.3 is 0 Å². The molecule has 0 aromatic carbocycles. The first kappa shape index (κ1) is 7.66. The molecule has 1 aliphatic carbocycles. The summed E-state index contributed by atoms with van der Waals surface area (Å²) in [6.45, 7) is 0. The maximum Gasteiger partial charge on any atom is 0.147 e. The molecule has 0 spiro atoms. The van der Waals surface area contributed by atoms with Gasteiger partial charge in [-0.15, -0.1) is 0 Å². The lowest BCUT2D eigenvalue weighted by atomic mass is 9.97. The molecule has 0 aromatic rings.